The smallest absolute Gasteiger partial charge is 0.459 e. The molecule has 1 aliphatic heterocycles. The van der Waals surface area contributed by atoms with Crippen molar-refractivity contribution in [3.05, 3.63) is 42.7 Å². The fourth-order valence-corrected chi connectivity index (χ4v) is 6.78. The number of aromatic nitrogens is 4. The predicted molar refractivity (Wildman–Crippen MR) is 146 cm³/mol. The van der Waals surface area contributed by atoms with Gasteiger partial charge in [0, 0.05) is 0 Å². The first-order chi connectivity index (χ1) is 20.0. The molecule has 0 amide bonds. The quantitative estimate of drug-likeness (QED) is 0.194. The van der Waals surface area contributed by atoms with Crippen molar-refractivity contribution in [3.63, 3.8) is 0 Å². The molecule has 3 aromatic rings. The minimum absolute atomic E-state index is 0.000221. The van der Waals surface area contributed by atoms with Crippen LogP contribution in [0.25, 0.3) is 11.2 Å². The summed E-state index contributed by atoms with van der Waals surface area (Å²) in [7, 11) is -4.40. The summed E-state index contributed by atoms with van der Waals surface area (Å²) in [5, 5.41) is 24.3. The van der Waals surface area contributed by atoms with Crippen molar-refractivity contribution < 1.29 is 42.5 Å². The molecule has 2 fully saturated rings. The number of benzene rings is 1. The Balaban J connectivity index is 1.33. The average Bonchev–Trinajstić information content (AvgIpc) is 3.52. The first kappa shape index (κ1) is 30.3. The maximum absolute atomic E-state index is 14.0. The third kappa shape index (κ3) is 6.56. The normalized spacial score (nSPS) is 26.0. The zero-order valence-electron chi connectivity index (χ0n) is 23.1. The second-order valence-corrected chi connectivity index (χ2v) is 12.1. The van der Waals surface area contributed by atoms with Crippen LogP contribution in [0.4, 0.5) is 10.2 Å². The molecular weight excluding hydrogens is 574 g/mol. The highest BCUT2D eigenvalue weighted by Crippen LogP contribution is 2.48. The van der Waals surface area contributed by atoms with E-state index in [1.54, 1.807) is 0 Å². The molecule has 1 aliphatic carbocycles. The number of carbonyl (C=O) groups is 1. The number of imidazole rings is 1. The van der Waals surface area contributed by atoms with Crippen molar-refractivity contribution in [3.8, 4) is 5.75 Å². The summed E-state index contributed by atoms with van der Waals surface area (Å²) in [6, 6.07) is 3.61. The Morgan fingerprint density at radius 1 is 1.14 bits per heavy atom. The number of aliphatic hydroxyl groups is 2. The predicted octanol–water partition coefficient (Wildman–Crippen LogP) is 2.61. The minimum Gasteiger partial charge on any atom is -0.461 e. The maximum atomic E-state index is 14.0. The van der Waals surface area contributed by atoms with E-state index < -0.39 is 56.2 Å². The molecule has 3 heterocycles. The molecule has 228 valence electrons. The van der Waals surface area contributed by atoms with Gasteiger partial charge < -0.3 is 29.9 Å². The van der Waals surface area contributed by atoms with Crippen molar-refractivity contribution in [2.24, 2.45) is 0 Å². The van der Waals surface area contributed by atoms with E-state index in [4.69, 9.17) is 24.3 Å². The summed E-state index contributed by atoms with van der Waals surface area (Å²) in [5.41, 5.74) is 6.41. The number of nitrogens with one attached hydrogen (secondary N) is 1. The van der Waals surface area contributed by atoms with Crippen molar-refractivity contribution in [2.45, 2.75) is 88.7 Å². The lowest BCUT2D eigenvalue weighted by molar-refractivity contribution is -0.152. The summed E-state index contributed by atoms with van der Waals surface area (Å²) < 4.78 is 51.9. The van der Waals surface area contributed by atoms with Crippen LogP contribution in [0.2, 0.25) is 0 Å². The molecule has 2 aromatic heterocycles. The number of nitrogen functional groups attached to an aromatic ring is 1. The van der Waals surface area contributed by atoms with Crippen molar-refractivity contribution in [1.29, 1.82) is 0 Å². The number of rotatable bonds is 10. The molecule has 2 aliphatic rings. The Kier molecular flexibility index (Phi) is 9.06. The van der Waals surface area contributed by atoms with Gasteiger partial charge in [-0.2, -0.15) is 5.09 Å². The van der Waals surface area contributed by atoms with Gasteiger partial charge in [-0.15, -0.1) is 0 Å². The minimum atomic E-state index is -4.40. The van der Waals surface area contributed by atoms with E-state index in [9.17, 15) is 24.0 Å². The summed E-state index contributed by atoms with van der Waals surface area (Å²) in [5.74, 6) is -1.05. The molecule has 7 atom stereocenters. The lowest BCUT2D eigenvalue weighted by Gasteiger charge is -2.29. The van der Waals surface area contributed by atoms with Gasteiger partial charge in [0.2, 0.25) is 0 Å². The molecule has 1 saturated heterocycles. The molecule has 0 bridgehead atoms. The van der Waals surface area contributed by atoms with E-state index in [0.29, 0.717) is 0 Å². The topological polar surface area (TPSA) is 193 Å². The fourth-order valence-electron chi connectivity index (χ4n) is 5.09. The number of hydrogen-bond acceptors (Lipinski definition) is 12. The van der Waals surface area contributed by atoms with E-state index in [0.717, 1.165) is 44.2 Å². The number of anilines is 1. The molecule has 42 heavy (non-hydrogen) atoms. The summed E-state index contributed by atoms with van der Waals surface area (Å²) in [6.45, 7) is 2.92. The zero-order valence-corrected chi connectivity index (χ0v) is 24.0. The second-order valence-electron chi connectivity index (χ2n) is 10.5. The van der Waals surface area contributed by atoms with Crippen molar-refractivity contribution in [2.75, 3.05) is 5.73 Å². The van der Waals surface area contributed by atoms with Crippen LogP contribution in [-0.4, -0.2) is 72.3 Å². The number of esters is 1. The van der Waals surface area contributed by atoms with Crippen molar-refractivity contribution >= 4 is 30.7 Å². The number of hydrogen-bond donors (Lipinski definition) is 4. The third-order valence-electron chi connectivity index (χ3n) is 7.28. The lowest BCUT2D eigenvalue weighted by atomic mass is 9.98. The number of aliphatic hydroxyl groups excluding tert-OH is 2. The van der Waals surface area contributed by atoms with Crippen molar-refractivity contribution in [1.82, 2.24) is 24.6 Å². The highest BCUT2D eigenvalue weighted by Gasteiger charge is 2.49. The van der Waals surface area contributed by atoms with Gasteiger partial charge >= 0.3 is 13.7 Å². The molecule has 1 saturated carbocycles. The summed E-state index contributed by atoms with van der Waals surface area (Å²) in [6.07, 6.45) is 0.376. The Morgan fingerprint density at radius 3 is 2.57 bits per heavy atom. The van der Waals surface area contributed by atoms with Gasteiger partial charge in [-0.25, -0.2) is 23.9 Å². The molecule has 14 nitrogen and oxygen atoms in total. The molecule has 0 spiro atoms. The van der Waals surface area contributed by atoms with Crippen LogP contribution in [0, 0.1) is 5.82 Å². The van der Waals surface area contributed by atoms with Gasteiger partial charge in [-0.1, -0.05) is 6.42 Å². The molecule has 5 rings (SSSR count). The number of ether oxygens (including phenoxy) is 2. The largest absolute Gasteiger partial charge is 0.461 e. The first-order valence-corrected chi connectivity index (χ1v) is 15.3. The van der Waals surface area contributed by atoms with Crippen LogP contribution in [0.15, 0.2) is 36.9 Å². The van der Waals surface area contributed by atoms with Crippen LogP contribution >= 0.6 is 7.75 Å². The number of halogens is 1. The molecule has 7 unspecified atom stereocenters. The molecule has 16 heteroatoms. The fraction of sp³-hybridized carbons (Fsp3) is 0.538. The van der Waals surface area contributed by atoms with Gasteiger partial charge in [-0.3, -0.25) is 13.9 Å². The zero-order chi connectivity index (χ0) is 30.0. The van der Waals surface area contributed by atoms with E-state index in [1.807, 2.05) is 0 Å². The average molecular weight is 609 g/mol. The van der Waals surface area contributed by atoms with Crippen LogP contribution in [0.3, 0.4) is 0 Å². The molecular formula is C26H34FN6O8P. The lowest BCUT2D eigenvalue weighted by Crippen LogP contribution is -2.41. The number of fused-ring (bicyclic) bond motifs is 1. The highest BCUT2D eigenvalue weighted by atomic mass is 31.2. The van der Waals surface area contributed by atoms with Crippen LogP contribution in [0.1, 0.15) is 52.2 Å². The molecule has 1 aromatic carbocycles. The summed E-state index contributed by atoms with van der Waals surface area (Å²) in [4.78, 5) is 25.0. The van der Waals surface area contributed by atoms with E-state index in [2.05, 4.69) is 20.0 Å². The van der Waals surface area contributed by atoms with Crippen LogP contribution in [-0.2, 0) is 23.4 Å². The summed E-state index contributed by atoms with van der Waals surface area (Å²) >= 11 is 0. The number of nitrogens with zero attached hydrogens (tertiary/aromatic N) is 4. The number of nitrogens with two attached hydrogens (primary N) is 1. The molecule has 5 N–H and O–H groups in total. The van der Waals surface area contributed by atoms with E-state index in [-0.39, 0.29) is 28.8 Å². The Morgan fingerprint density at radius 2 is 1.86 bits per heavy atom. The van der Waals surface area contributed by atoms with E-state index >= 15 is 0 Å². The van der Waals surface area contributed by atoms with Gasteiger partial charge in [0.05, 0.1) is 12.4 Å². The van der Waals surface area contributed by atoms with E-state index in [1.165, 1.54) is 43.2 Å². The Labute approximate surface area is 240 Å². The van der Waals surface area contributed by atoms with Gasteiger partial charge in [0.1, 0.15) is 53.9 Å². The SMILES string of the molecule is CC(NP(=O)(Oc1ccc(F)cc1)OC(C)C1OC(n2cnc3c(N)ncnc32)C(O)C1O)C(=O)OC1CCCCC1. The van der Waals surface area contributed by atoms with Crippen LogP contribution in [0.5, 0.6) is 5.75 Å². The Bertz CT molecular complexity index is 1440. The standard InChI is InChI=1S/C26H34FN6O8P/c1-14(26(36)38-17-6-4-3-5-7-17)32-42(37,41-18-10-8-16(27)9-11-18)40-15(2)22-20(34)21(35)25(39-22)33-13-31-19-23(28)29-12-30-24(19)33/h8-15,17,20-22,25,34-35H,3-7H2,1-2H3,(H,32,37)(H2,28,29,30). The Hall–Kier alpha value is -3.20. The monoisotopic (exact) mass is 608 g/mol. The van der Waals surface area contributed by atoms with Crippen LogP contribution < -0.4 is 15.3 Å². The highest BCUT2D eigenvalue weighted by molar-refractivity contribution is 7.52. The van der Waals surface area contributed by atoms with Gasteiger partial charge in [0.25, 0.3) is 0 Å². The number of carbonyl (C=O) groups excluding carboxylic acids is 1. The first-order valence-electron chi connectivity index (χ1n) is 13.7. The maximum Gasteiger partial charge on any atom is 0.459 e. The third-order valence-corrected chi connectivity index (χ3v) is 9.05. The molecule has 0 radical (unpaired) electrons. The van der Waals surface area contributed by atoms with Gasteiger partial charge in [0.15, 0.2) is 17.7 Å². The van der Waals surface area contributed by atoms with Gasteiger partial charge in [-0.05, 0) is 63.8 Å². The second kappa shape index (κ2) is 12.6.